The molecule has 176 valence electrons. The van der Waals surface area contributed by atoms with Crippen molar-refractivity contribution in [2.75, 3.05) is 20.3 Å². The minimum absolute atomic E-state index is 0.0346. The maximum atomic E-state index is 12.7. The lowest BCUT2D eigenvalue weighted by Crippen LogP contribution is -2.59. The second-order valence-electron chi connectivity index (χ2n) is 10.6. The smallest absolute Gasteiger partial charge is 0.255 e. The predicted molar refractivity (Wildman–Crippen MR) is 120 cm³/mol. The van der Waals surface area contributed by atoms with Crippen LogP contribution in [0.3, 0.4) is 0 Å². The highest BCUT2D eigenvalue weighted by Gasteiger charge is 2.68. The van der Waals surface area contributed by atoms with Gasteiger partial charge in [0.25, 0.3) is 5.91 Å². The van der Waals surface area contributed by atoms with Gasteiger partial charge in [-0.1, -0.05) is 33.8 Å². The Kier molecular flexibility index (Phi) is 5.90. The van der Waals surface area contributed by atoms with Crippen LogP contribution in [0.2, 0.25) is 0 Å². The Morgan fingerprint density at radius 3 is 2.69 bits per heavy atom. The average molecular weight is 445 g/mol. The van der Waals surface area contributed by atoms with E-state index in [1.807, 2.05) is 32.0 Å². The van der Waals surface area contributed by atoms with Crippen molar-refractivity contribution < 1.29 is 23.8 Å². The van der Waals surface area contributed by atoms with Gasteiger partial charge in [0.2, 0.25) is 5.91 Å². The molecule has 1 spiro atoms. The summed E-state index contributed by atoms with van der Waals surface area (Å²) in [5, 5.41) is 3.44. The van der Waals surface area contributed by atoms with Gasteiger partial charge in [0, 0.05) is 18.6 Å². The Labute approximate surface area is 190 Å². The molecule has 1 aliphatic heterocycles. The molecule has 7 heteroatoms. The average Bonchev–Trinajstić information content (AvgIpc) is 3.24. The van der Waals surface area contributed by atoms with Crippen LogP contribution in [0.1, 0.15) is 58.6 Å². The monoisotopic (exact) mass is 444 g/mol. The summed E-state index contributed by atoms with van der Waals surface area (Å²) in [4.78, 5) is 23.8. The number of carbonyl (C=O) groups excluding carboxylic acids is 2. The van der Waals surface area contributed by atoms with E-state index >= 15 is 0 Å². The van der Waals surface area contributed by atoms with Crippen molar-refractivity contribution in [1.29, 1.82) is 0 Å². The topological polar surface area (TPSA) is 99.9 Å². The van der Waals surface area contributed by atoms with Crippen molar-refractivity contribution >= 4 is 11.8 Å². The van der Waals surface area contributed by atoms with Crippen LogP contribution in [0.15, 0.2) is 18.2 Å². The van der Waals surface area contributed by atoms with Crippen molar-refractivity contribution in [2.24, 2.45) is 34.3 Å². The van der Waals surface area contributed by atoms with Gasteiger partial charge in [-0.3, -0.25) is 9.59 Å². The number of carbonyl (C=O) groups is 2. The molecular weight excluding hydrogens is 408 g/mol. The minimum atomic E-state index is -0.534. The molecule has 32 heavy (non-hydrogen) atoms. The molecule has 5 atom stereocenters. The number of nitrogens with one attached hydrogen (secondary N) is 1. The number of nitrogens with two attached hydrogens (primary N) is 1. The third-order valence-electron chi connectivity index (χ3n) is 8.20. The normalized spacial score (nSPS) is 32.4. The van der Waals surface area contributed by atoms with E-state index in [0.29, 0.717) is 29.9 Å². The van der Waals surface area contributed by atoms with Crippen molar-refractivity contribution in [2.45, 2.75) is 59.1 Å². The van der Waals surface area contributed by atoms with Gasteiger partial charge in [0.05, 0.1) is 13.2 Å². The second kappa shape index (κ2) is 8.25. The summed E-state index contributed by atoms with van der Waals surface area (Å²) < 4.78 is 17.4. The summed E-state index contributed by atoms with van der Waals surface area (Å²) >= 11 is 0. The first-order chi connectivity index (χ1) is 15.1. The second-order valence-corrected chi connectivity index (χ2v) is 10.6. The summed E-state index contributed by atoms with van der Waals surface area (Å²) in [6.07, 6.45) is 3.12. The molecule has 0 aromatic heterocycles. The molecule has 2 saturated carbocycles. The van der Waals surface area contributed by atoms with E-state index in [1.54, 1.807) is 7.11 Å². The van der Waals surface area contributed by atoms with Gasteiger partial charge in [-0.25, -0.2) is 0 Å². The van der Waals surface area contributed by atoms with Gasteiger partial charge >= 0.3 is 0 Å². The number of rotatable bonds is 7. The van der Waals surface area contributed by atoms with Crippen LogP contribution in [0, 0.1) is 28.6 Å². The third kappa shape index (κ3) is 3.64. The molecule has 3 N–H and O–H groups in total. The zero-order valence-corrected chi connectivity index (χ0v) is 19.8. The fraction of sp³-hybridized carbons (Fsp3) is 0.680. The van der Waals surface area contributed by atoms with Crippen LogP contribution in [-0.2, 0) is 14.3 Å². The fourth-order valence-electron chi connectivity index (χ4n) is 6.56. The Hall–Kier alpha value is -2.28. The minimum Gasteiger partial charge on any atom is -0.493 e. The number of fused-ring (bicyclic) bond motifs is 1. The summed E-state index contributed by atoms with van der Waals surface area (Å²) in [6.45, 7) is 8.99. The molecule has 2 aliphatic carbocycles. The van der Waals surface area contributed by atoms with E-state index in [-0.39, 0.29) is 41.4 Å². The van der Waals surface area contributed by atoms with Gasteiger partial charge < -0.3 is 25.3 Å². The Morgan fingerprint density at radius 2 is 2.03 bits per heavy atom. The lowest BCUT2D eigenvalue weighted by atomic mass is 9.58. The van der Waals surface area contributed by atoms with E-state index in [1.165, 1.54) is 0 Å². The molecule has 1 aromatic carbocycles. The zero-order valence-electron chi connectivity index (χ0n) is 19.8. The van der Waals surface area contributed by atoms with Gasteiger partial charge in [-0.15, -0.1) is 0 Å². The predicted octanol–water partition coefficient (Wildman–Crippen LogP) is 3.21. The number of primary amides is 1. The number of hydrogen-bond donors (Lipinski definition) is 2. The van der Waals surface area contributed by atoms with Gasteiger partial charge in [-0.05, 0) is 59.6 Å². The maximum Gasteiger partial charge on any atom is 0.255 e. The van der Waals surface area contributed by atoms with Crippen LogP contribution < -0.4 is 20.5 Å². The van der Waals surface area contributed by atoms with Gasteiger partial charge in [-0.2, -0.15) is 0 Å². The number of methoxy groups -OCH3 is 1. The molecule has 0 unspecified atom stereocenters. The quantitative estimate of drug-likeness (QED) is 0.673. The number of benzene rings is 1. The van der Waals surface area contributed by atoms with E-state index in [0.717, 1.165) is 24.8 Å². The molecule has 1 aromatic rings. The Morgan fingerprint density at radius 1 is 1.28 bits per heavy atom. The highest BCUT2D eigenvalue weighted by atomic mass is 16.5. The van der Waals surface area contributed by atoms with Crippen molar-refractivity contribution in [3.05, 3.63) is 23.8 Å². The van der Waals surface area contributed by atoms with Gasteiger partial charge in [0.1, 0.15) is 0 Å². The lowest BCUT2D eigenvalue weighted by molar-refractivity contribution is -0.139. The van der Waals surface area contributed by atoms with Crippen LogP contribution >= 0.6 is 0 Å². The van der Waals surface area contributed by atoms with E-state index in [9.17, 15) is 9.59 Å². The van der Waals surface area contributed by atoms with Gasteiger partial charge in [0.15, 0.2) is 18.1 Å². The first-order valence-electron chi connectivity index (χ1n) is 11.6. The molecular formula is C25H36N2O5. The van der Waals surface area contributed by atoms with E-state index in [2.05, 4.69) is 19.2 Å². The highest BCUT2D eigenvalue weighted by Crippen LogP contribution is 2.70. The molecule has 1 heterocycles. The number of hydrogen-bond acceptors (Lipinski definition) is 5. The van der Waals surface area contributed by atoms with Crippen LogP contribution in [0.5, 0.6) is 11.5 Å². The largest absolute Gasteiger partial charge is 0.493 e. The molecule has 3 fully saturated rings. The standard InChI is InChI=1S/C25H36N2O5/c1-14(2)22(29)27-23-24(3,4)16-11-17-21(31-9-8-25(17,23)12-16)15-6-7-18(19(10-15)30-5)32-13-20(26)28/h6-7,10,14,16-17,21,23H,8-9,11-13H2,1-5H3,(H2,26,28)(H,27,29)/t16-,17-,21-,23+,25-/m1/s1. The summed E-state index contributed by atoms with van der Waals surface area (Å²) in [5.74, 6) is 1.48. The molecule has 3 aliphatic rings. The van der Waals surface area contributed by atoms with E-state index in [4.69, 9.17) is 19.9 Å². The van der Waals surface area contributed by atoms with Crippen molar-refractivity contribution in [3.8, 4) is 11.5 Å². The van der Waals surface area contributed by atoms with Crippen molar-refractivity contribution in [3.63, 3.8) is 0 Å². The summed E-state index contributed by atoms with van der Waals surface area (Å²) in [7, 11) is 1.58. The fourth-order valence-corrected chi connectivity index (χ4v) is 6.56. The Balaban J connectivity index is 1.63. The molecule has 7 nitrogen and oxygen atoms in total. The molecule has 2 amide bonds. The Bertz CT molecular complexity index is 898. The van der Waals surface area contributed by atoms with Crippen LogP contribution in [0.4, 0.5) is 0 Å². The van der Waals surface area contributed by atoms with Crippen LogP contribution in [-0.4, -0.2) is 38.2 Å². The third-order valence-corrected chi connectivity index (χ3v) is 8.20. The molecule has 0 radical (unpaired) electrons. The molecule has 2 bridgehead atoms. The number of ether oxygens (including phenoxy) is 3. The lowest BCUT2D eigenvalue weighted by Gasteiger charge is -2.53. The SMILES string of the molecule is COc1cc([C@H]2OCC[C@@]34C[C@@H](C[C@H]23)C(C)(C)[C@@H]4NC(=O)C(C)C)ccc1OCC(N)=O. The first kappa shape index (κ1) is 22.9. The highest BCUT2D eigenvalue weighted by molar-refractivity contribution is 5.78. The van der Waals surface area contributed by atoms with Crippen LogP contribution in [0.25, 0.3) is 0 Å². The van der Waals surface area contributed by atoms with Crippen molar-refractivity contribution in [1.82, 2.24) is 5.32 Å². The molecule has 1 saturated heterocycles. The number of amides is 2. The maximum absolute atomic E-state index is 12.7. The first-order valence-corrected chi connectivity index (χ1v) is 11.6. The summed E-state index contributed by atoms with van der Waals surface area (Å²) in [5.41, 5.74) is 6.34. The zero-order chi connectivity index (χ0) is 23.3. The summed E-state index contributed by atoms with van der Waals surface area (Å²) in [6, 6.07) is 5.89. The molecule has 4 rings (SSSR count). The van der Waals surface area contributed by atoms with E-state index < -0.39 is 5.91 Å².